The molecular formula is C11H12BrN3O2S2. The van der Waals surface area contributed by atoms with E-state index in [2.05, 4.69) is 29.4 Å². The Balaban J connectivity index is 1.98. The molecule has 8 heteroatoms. The van der Waals surface area contributed by atoms with Crippen LogP contribution < -0.4 is 4.72 Å². The lowest BCUT2D eigenvalue weighted by molar-refractivity contribution is 0.256. The quantitative estimate of drug-likeness (QED) is 0.850. The average molecular weight is 362 g/mol. The van der Waals surface area contributed by atoms with Gasteiger partial charge in [-0.1, -0.05) is 22.0 Å². The Bertz CT molecular complexity index is 686. The molecule has 5 nitrogen and oxygen atoms in total. The molecule has 1 heterocycles. The first-order valence-corrected chi connectivity index (χ1v) is 9.21. The summed E-state index contributed by atoms with van der Waals surface area (Å²) in [5.41, 5.74) is 0.725. The summed E-state index contributed by atoms with van der Waals surface area (Å²) in [6, 6.07) is 5.04. The zero-order valence-electron chi connectivity index (χ0n) is 9.97. The summed E-state index contributed by atoms with van der Waals surface area (Å²) in [6.07, 6.45) is 2.78. The van der Waals surface area contributed by atoms with Crippen LogP contribution >= 0.6 is 15.9 Å². The van der Waals surface area contributed by atoms with Crippen LogP contribution in [0, 0.1) is 0 Å². The van der Waals surface area contributed by atoms with Crippen molar-refractivity contribution in [2.45, 2.75) is 29.7 Å². The van der Waals surface area contributed by atoms with Crippen molar-refractivity contribution in [1.82, 2.24) is 4.72 Å². The highest BCUT2D eigenvalue weighted by Crippen LogP contribution is 2.40. The van der Waals surface area contributed by atoms with Gasteiger partial charge in [0.15, 0.2) is 0 Å². The van der Waals surface area contributed by atoms with Crippen molar-refractivity contribution >= 4 is 48.7 Å². The van der Waals surface area contributed by atoms with Crippen molar-refractivity contribution in [3.8, 4) is 0 Å². The van der Waals surface area contributed by atoms with Gasteiger partial charge in [-0.2, -0.15) is 8.73 Å². The van der Waals surface area contributed by atoms with Gasteiger partial charge < -0.3 is 0 Å². The first kappa shape index (κ1) is 13.4. The minimum absolute atomic E-state index is 0.214. The van der Waals surface area contributed by atoms with Crippen LogP contribution in [0.2, 0.25) is 0 Å². The molecule has 0 atom stereocenters. The highest BCUT2D eigenvalue weighted by atomic mass is 79.9. The summed E-state index contributed by atoms with van der Waals surface area (Å²) < 4.78 is 36.0. The van der Waals surface area contributed by atoms with Crippen LogP contribution in [-0.2, 0) is 21.4 Å². The third-order valence-corrected chi connectivity index (χ3v) is 6.68. The maximum atomic E-state index is 12.5. The van der Waals surface area contributed by atoms with Crippen LogP contribution in [0.5, 0.6) is 0 Å². The molecule has 0 amide bonds. The van der Waals surface area contributed by atoms with Crippen molar-refractivity contribution in [3.63, 3.8) is 0 Å². The van der Waals surface area contributed by atoms with E-state index in [1.807, 2.05) is 0 Å². The number of rotatable bonds is 4. The predicted molar refractivity (Wildman–Crippen MR) is 78.7 cm³/mol. The molecular weight excluding hydrogens is 350 g/mol. The number of hydrogen-bond acceptors (Lipinski definition) is 4. The van der Waals surface area contributed by atoms with Crippen molar-refractivity contribution < 1.29 is 8.42 Å². The van der Waals surface area contributed by atoms with Crippen molar-refractivity contribution in [1.29, 1.82) is 0 Å². The Kier molecular flexibility index (Phi) is 3.36. The molecule has 0 unspecified atom stereocenters. The lowest BCUT2D eigenvalue weighted by atomic mass is 9.80. The van der Waals surface area contributed by atoms with Crippen LogP contribution in [-0.4, -0.2) is 19.3 Å². The Morgan fingerprint density at radius 2 is 2.16 bits per heavy atom. The molecule has 2 aliphatic rings. The van der Waals surface area contributed by atoms with Gasteiger partial charge in [-0.15, -0.1) is 0 Å². The Hall–Kier alpha value is -0.570. The molecule has 1 aliphatic carbocycles. The maximum Gasteiger partial charge on any atom is 0.243 e. The summed E-state index contributed by atoms with van der Waals surface area (Å²) in [6.45, 7) is 0. The van der Waals surface area contributed by atoms with E-state index in [4.69, 9.17) is 0 Å². The monoisotopic (exact) mass is 361 g/mol. The largest absolute Gasteiger partial charge is 0.243 e. The van der Waals surface area contributed by atoms with Crippen molar-refractivity contribution in [3.05, 3.63) is 18.2 Å². The number of nitrogens with one attached hydrogen (secondary N) is 1. The van der Waals surface area contributed by atoms with Crippen LogP contribution in [0.15, 0.2) is 31.8 Å². The molecule has 1 aliphatic heterocycles. The molecule has 1 aromatic carbocycles. The molecule has 1 fully saturated rings. The smallest absolute Gasteiger partial charge is 0.207 e. The van der Waals surface area contributed by atoms with E-state index in [0.29, 0.717) is 16.7 Å². The van der Waals surface area contributed by atoms with Crippen LogP contribution in [0.1, 0.15) is 19.3 Å². The molecule has 102 valence electrons. The second-order valence-corrected chi connectivity index (χ2v) is 7.50. The van der Waals surface area contributed by atoms with E-state index in [0.717, 1.165) is 30.6 Å². The number of alkyl halides is 1. The van der Waals surface area contributed by atoms with E-state index < -0.39 is 10.0 Å². The zero-order chi connectivity index (χ0) is 13.5. The number of sulfonamides is 1. The fourth-order valence-electron chi connectivity index (χ4n) is 2.20. The molecule has 0 bridgehead atoms. The van der Waals surface area contributed by atoms with Gasteiger partial charge in [0.2, 0.25) is 10.0 Å². The Labute approximate surface area is 123 Å². The van der Waals surface area contributed by atoms with Crippen LogP contribution in [0.3, 0.4) is 0 Å². The lowest BCUT2D eigenvalue weighted by Crippen LogP contribution is -2.54. The molecule has 0 radical (unpaired) electrons. The summed E-state index contributed by atoms with van der Waals surface area (Å²) in [5, 5.41) is 0.629. The lowest BCUT2D eigenvalue weighted by Gasteiger charge is -2.40. The van der Waals surface area contributed by atoms with E-state index in [9.17, 15) is 8.42 Å². The van der Waals surface area contributed by atoms with Gasteiger partial charge in [0.05, 0.1) is 11.4 Å². The van der Waals surface area contributed by atoms with Gasteiger partial charge in [0, 0.05) is 10.9 Å². The van der Waals surface area contributed by atoms with Crippen molar-refractivity contribution in [2.75, 3.05) is 5.33 Å². The first-order chi connectivity index (χ1) is 9.06. The number of hydrogen-bond donors (Lipinski definition) is 1. The SMILES string of the molecule is O=S(=O)(NC1(CBr)CCC1)c1cccc2c1N=S=N2. The van der Waals surface area contributed by atoms with Gasteiger partial charge in [-0.05, 0) is 31.4 Å². The third-order valence-electron chi connectivity index (χ3n) is 3.46. The van der Waals surface area contributed by atoms with E-state index in [1.165, 1.54) is 0 Å². The van der Waals surface area contributed by atoms with Crippen molar-refractivity contribution in [2.24, 2.45) is 8.73 Å². The van der Waals surface area contributed by atoms with Gasteiger partial charge >= 0.3 is 0 Å². The standard InChI is InChI=1S/C11H12BrN3O2S2/c12-7-11(5-2-6-11)15-19(16,17)9-4-1-3-8-10(9)14-18-13-8/h1,3-4,15H,2,5-7H2. The average Bonchev–Trinajstić information content (AvgIpc) is 2.81. The molecule has 0 aromatic heterocycles. The normalized spacial score (nSPS) is 19.6. The maximum absolute atomic E-state index is 12.5. The predicted octanol–water partition coefficient (Wildman–Crippen LogP) is 3.01. The summed E-state index contributed by atoms with van der Waals surface area (Å²) in [7, 11) is -3.56. The fraction of sp³-hybridized carbons (Fsp3) is 0.455. The number of nitrogens with zero attached hydrogens (tertiary/aromatic N) is 2. The van der Waals surface area contributed by atoms with Gasteiger partial charge in [0.25, 0.3) is 0 Å². The molecule has 0 spiro atoms. The van der Waals surface area contributed by atoms with Crippen LogP contribution in [0.4, 0.5) is 11.4 Å². The number of halogens is 1. The topological polar surface area (TPSA) is 70.9 Å². The van der Waals surface area contributed by atoms with E-state index >= 15 is 0 Å². The van der Waals surface area contributed by atoms with Gasteiger partial charge in [-0.3, -0.25) is 0 Å². The molecule has 0 saturated heterocycles. The molecule has 1 N–H and O–H groups in total. The molecule has 1 aromatic rings. The summed E-state index contributed by atoms with van der Waals surface area (Å²) in [5.74, 6) is 0. The molecule has 3 rings (SSSR count). The summed E-state index contributed by atoms with van der Waals surface area (Å²) in [4.78, 5) is 0.214. The van der Waals surface area contributed by atoms with Crippen LogP contribution in [0.25, 0.3) is 0 Å². The van der Waals surface area contributed by atoms with Gasteiger partial charge in [0.1, 0.15) is 16.3 Å². The number of fused-ring (bicyclic) bond motifs is 1. The van der Waals surface area contributed by atoms with Gasteiger partial charge in [-0.25, -0.2) is 13.1 Å². The van der Waals surface area contributed by atoms with E-state index in [1.54, 1.807) is 18.2 Å². The Morgan fingerprint density at radius 3 is 2.79 bits per heavy atom. The molecule has 19 heavy (non-hydrogen) atoms. The first-order valence-electron chi connectivity index (χ1n) is 5.88. The highest BCUT2D eigenvalue weighted by molar-refractivity contribution is 9.09. The second-order valence-electron chi connectivity index (χ2n) is 4.76. The highest BCUT2D eigenvalue weighted by Gasteiger charge is 2.40. The Morgan fingerprint density at radius 1 is 1.37 bits per heavy atom. The zero-order valence-corrected chi connectivity index (χ0v) is 13.2. The fourth-order valence-corrected chi connectivity index (χ4v) is 5.32. The van der Waals surface area contributed by atoms with E-state index in [-0.39, 0.29) is 10.4 Å². The number of benzene rings is 1. The third kappa shape index (κ3) is 2.31. The minimum atomic E-state index is -3.56. The second kappa shape index (κ2) is 4.76. The molecule has 1 saturated carbocycles. The summed E-state index contributed by atoms with van der Waals surface area (Å²) >= 11 is 4.42. The minimum Gasteiger partial charge on any atom is -0.207 e.